The lowest BCUT2D eigenvalue weighted by molar-refractivity contribution is 0.195. The van der Waals surface area contributed by atoms with Gasteiger partial charge in [-0.05, 0) is 6.42 Å². The maximum atomic E-state index is 11.3. The first-order valence-electron chi connectivity index (χ1n) is 5.69. The molecule has 6 nitrogen and oxygen atoms in total. The Balaban J connectivity index is 3.77. The van der Waals surface area contributed by atoms with E-state index in [0.29, 0.717) is 19.1 Å². The van der Waals surface area contributed by atoms with Gasteiger partial charge in [-0.25, -0.2) is 8.42 Å². The third-order valence-electron chi connectivity index (χ3n) is 2.19. The summed E-state index contributed by atoms with van der Waals surface area (Å²) >= 11 is 0. The van der Waals surface area contributed by atoms with Gasteiger partial charge in [-0.15, -0.1) is 0 Å². The molecule has 0 radical (unpaired) electrons. The molecule has 0 fully saturated rings. The molecule has 0 bridgehead atoms. The van der Waals surface area contributed by atoms with Crippen molar-refractivity contribution in [2.45, 2.75) is 13.3 Å². The highest BCUT2D eigenvalue weighted by Crippen LogP contribution is 1.87. The fourth-order valence-corrected chi connectivity index (χ4v) is 1.81. The van der Waals surface area contributed by atoms with Crippen LogP contribution < -0.4 is 10.6 Å². The number of hydrogen-bond donors (Lipinski definition) is 2. The third-order valence-corrected chi connectivity index (χ3v) is 3.89. The molecule has 0 unspecified atom stereocenters. The standard InChI is InChI=1S/C10H23N3O3S/c1-4-17(14,15)9-7-13-10(11-2)12-6-5-8-16-3/h4-9H2,1-3H3,(H2,11,12,13). The van der Waals surface area contributed by atoms with Crippen molar-refractivity contribution >= 4 is 15.8 Å². The summed E-state index contributed by atoms with van der Waals surface area (Å²) in [4.78, 5) is 3.99. The van der Waals surface area contributed by atoms with Crippen LogP contribution in [0.15, 0.2) is 4.99 Å². The number of rotatable bonds is 8. The van der Waals surface area contributed by atoms with Gasteiger partial charge in [-0.2, -0.15) is 0 Å². The van der Waals surface area contributed by atoms with E-state index in [4.69, 9.17) is 4.74 Å². The summed E-state index contributed by atoms with van der Waals surface area (Å²) in [5.41, 5.74) is 0. The van der Waals surface area contributed by atoms with E-state index in [1.807, 2.05) is 0 Å². The minimum absolute atomic E-state index is 0.127. The summed E-state index contributed by atoms with van der Waals surface area (Å²) in [5, 5.41) is 6.03. The predicted octanol–water partition coefficient (Wildman–Crippen LogP) is -0.377. The summed E-state index contributed by atoms with van der Waals surface area (Å²) in [5.74, 6) is 0.920. The van der Waals surface area contributed by atoms with E-state index in [2.05, 4.69) is 15.6 Å². The summed E-state index contributed by atoms with van der Waals surface area (Å²) in [6, 6.07) is 0. The van der Waals surface area contributed by atoms with Crippen LogP contribution in [0.4, 0.5) is 0 Å². The van der Waals surface area contributed by atoms with Crippen LogP contribution in [0.5, 0.6) is 0 Å². The van der Waals surface area contributed by atoms with Crippen LogP contribution in [-0.4, -0.2) is 59.7 Å². The molecule has 0 aliphatic heterocycles. The van der Waals surface area contributed by atoms with Gasteiger partial charge in [-0.3, -0.25) is 4.99 Å². The van der Waals surface area contributed by atoms with Gasteiger partial charge >= 0.3 is 0 Å². The van der Waals surface area contributed by atoms with Gasteiger partial charge in [0.25, 0.3) is 0 Å². The third kappa shape index (κ3) is 8.93. The van der Waals surface area contributed by atoms with E-state index >= 15 is 0 Å². The summed E-state index contributed by atoms with van der Waals surface area (Å²) < 4.78 is 27.4. The second-order valence-corrected chi connectivity index (χ2v) is 5.98. The topological polar surface area (TPSA) is 79.8 Å². The Morgan fingerprint density at radius 1 is 1.29 bits per heavy atom. The zero-order chi connectivity index (χ0) is 13.1. The lowest BCUT2D eigenvalue weighted by atomic mass is 10.4. The van der Waals surface area contributed by atoms with Crippen molar-refractivity contribution < 1.29 is 13.2 Å². The molecule has 0 saturated carbocycles. The lowest BCUT2D eigenvalue weighted by Crippen LogP contribution is -2.40. The first-order valence-corrected chi connectivity index (χ1v) is 7.51. The van der Waals surface area contributed by atoms with Crippen molar-refractivity contribution in [2.24, 2.45) is 4.99 Å². The zero-order valence-corrected chi connectivity index (χ0v) is 11.6. The molecule has 0 heterocycles. The van der Waals surface area contributed by atoms with Gasteiger partial charge in [0.1, 0.15) is 0 Å². The Hall–Kier alpha value is -0.820. The van der Waals surface area contributed by atoms with Crippen LogP contribution in [0.2, 0.25) is 0 Å². The Bertz CT molecular complexity index is 315. The highest BCUT2D eigenvalue weighted by Gasteiger charge is 2.06. The molecule has 7 heteroatoms. The highest BCUT2D eigenvalue weighted by molar-refractivity contribution is 7.91. The number of nitrogens with zero attached hydrogens (tertiary/aromatic N) is 1. The number of guanidine groups is 1. The Labute approximate surface area is 104 Å². The minimum Gasteiger partial charge on any atom is -0.385 e. The molecule has 0 aromatic heterocycles. The lowest BCUT2D eigenvalue weighted by Gasteiger charge is -2.11. The molecule has 0 aromatic carbocycles. The average Bonchev–Trinajstić information content (AvgIpc) is 2.32. The molecule has 0 aliphatic carbocycles. The molecule has 0 amide bonds. The molecule has 0 aromatic rings. The maximum absolute atomic E-state index is 11.3. The maximum Gasteiger partial charge on any atom is 0.191 e. The Morgan fingerprint density at radius 2 is 1.94 bits per heavy atom. The van der Waals surface area contributed by atoms with E-state index in [1.54, 1.807) is 21.1 Å². The van der Waals surface area contributed by atoms with Crippen LogP contribution in [0, 0.1) is 0 Å². The van der Waals surface area contributed by atoms with Crippen LogP contribution in [0.25, 0.3) is 0 Å². The molecular weight excluding hydrogens is 242 g/mol. The SMILES string of the molecule is CCS(=O)(=O)CCNC(=NC)NCCCOC. The van der Waals surface area contributed by atoms with Crippen LogP contribution >= 0.6 is 0 Å². The van der Waals surface area contributed by atoms with Gasteiger partial charge in [0.15, 0.2) is 15.8 Å². The summed E-state index contributed by atoms with van der Waals surface area (Å²) in [6.07, 6.45) is 0.879. The molecular formula is C10H23N3O3S. The molecule has 2 N–H and O–H groups in total. The number of aliphatic imine (C=N–C) groups is 1. The minimum atomic E-state index is -2.92. The second kappa shape index (κ2) is 9.23. The number of nitrogens with one attached hydrogen (secondary N) is 2. The number of methoxy groups -OCH3 is 1. The monoisotopic (exact) mass is 265 g/mol. The number of hydrogen-bond acceptors (Lipinski definition) is 4. The fourth-order valence-electron chi connectivity index (χ4n) is 1.11. The van der Waals surface area contributed by atoms with Crippen molar-refractivity contribution in [3.8, 4) is 0 Å². The van der Waals surface area contributed by atoms with Crippen molar-refractivity contribution in [1.82, 2.24) is 10.6 Å². The largest absolute Gasteiger partial charge is 0.385 e. The Morgan fingerprint density at radius 3 is 2.47 bits per heavy atom. The van der Waals surface area contributed by atoms with Crippen molar-refractivity contribution in [3.05, 3.63) is 0 Å². The van der Waals surface area contributed by atoms with E-state index in [-0.39, 0.29) is 11.5 Å². The number of sulfone groups is 1. The molecule has 0 aliphatic rings. The number of ether oxygens (including phenoxy) is 1. The fraction of sp³-hybridized carbons (Fsp3) is 0.900. The first kappa shape index (κ1) is 16.2. The van der Waals surface area contributed by atoms with E-state index < -0.39 is 9.84 Å². The molecule has 0 spiro atoms. The second-order valence-electron chi connectivity index (χ2n) is 3.51. The van der Waals surface area contributed by atoms with Gasteiger partial charge in [0.05, 0.1) is 5.75 Å². The van der Waals surface area contributed by atoms with Crippen LogP contribution in [0.1, 0.15) is 13.3 Å². The Kier molecular flexibility index (Phi) is 8.79. The molecule has 0 atom stereocenters. The zero-order valence-electron chi connectivity index (χ0n) is 10.8. The molecule has 0 rings (SSSR count). The van der Waals surface area contributed by atoms with Crippen LogP contribution in [-0.2, 0) is 14.6 Å². The van der Waals surface area contributed by atoms with E-state index in [0.717, 1.165) is 13.0 Å². The van der Waals surface area contributed by atoms with E-state index in [1.165, 1.54) is 0 Å². The molecule has 102 valence electrons. The highest BCUT2D eigenvalue weighted by atomic mass is 32.2. The summed E-state index contributed by atoms with van der Waals surface area (Å²) in [7, 11) is 0.390. The van der Waals surface area contributed by atoms with Gasteiger partial charge in [-0.1, -0.05) is 6.92 Å². The van der Waals surface area contributed by atoms with Gasteiger partial charge in [0, 0.05) is 39.6 Å². The molecule has 17 heavy (non-hydrogen) atoms. The predicted molar refractivity (Wildman–Crippen MR) is 70.2 cm³/mol. The molecule has 0 saturated heterocycles. The van der Waals surface area contributed by atoms with Crippen LogP contribution in [0.3, 0.4) is 0 Å². The van der Waals surface area contributed by atoms with E-state index in [9.17, 15) is 8.42 Å². The van der Waals surface area contributed by atoms with Crippen molar-refractivity contribution in [2.75, 3.05) is 45.4 Å². The summed E-state index contributed by atoms with van der Waals surface area (Å²) in [6.45, 7) is 3.45. The first-order chi connectivity index (χ1) is 8.05. The normalized spacial score (nSPS) is 12.5. The quantitative estimate of drug-likeness (QED) is 0.355. The van der Waals surface area contributed by atoms with Gasteiger partial charge in [0.2, 0.25) is 0 Å². The van der Waals surface area contributed by atoms with Crippen molar-refractivity contribution in [3.63, 3.8) is 0 Å². The average molecular weight is 265 g/mol. The van der Waals surface area contributed by atoms with Gasteiger partial charge < -0.3 is 15.4 Å². The smallest absolute Gasteiger partial charge is 0.191 e. The van der Waals surface area contributed by atoms with Crippen molar-refractivity contribution in [1.29, 1.82) is 0 Å².